The monoisotopic (exact) mass is 506 g/mol. The normalized spacial score (nSPS) is 12.3. The van der Waals surface area contributed by atoms with Crippen LogP contribution < -0.4 is 0 Å². The fourth-order valence-electron chi connectivity index (χ4n) is 4.91. The quantitative estimate of drug-likeness (QED) is 0.115. The first-order valence-electron chi connectivity index (χ1n) is 12.8. The summed E-state index contributed by atoms with van der Waals surface area (Å²) in [5.74, 6) is -0.417. The van der Waals surface area contributed by atoms with Crippen molar-refractivity contribution in [3.63, 3.8) is 0 Å². The average molecular weight is 507 g/mol. The van der Waals surface area contributed by atoms with Crippen LogP contribution in [0.15, 0.2) is 133 Å². The van der Waals surface area contributed by atoms with Gasteiger partial charge < -0.3 is 15.1 Å². The van der Waals surface area contributed by atoms with E-state index in [-0.39, 0.29) is 11.5 Å². The minimum Gasteiger partial charge on any atom is -0.508 e. The van der Waals surface area contributed by atoms with Crippen molar-refractivity contribution in [2.45, 2.75) is 0 Å². The fourth-order valence-corrected chi connectivity index (χ4v) is 4.91. The molecule has 0 unspecified atom stereocenters. The van der Waals surface area contributed by atoms with Crippen LogP contribution >= 0.6 is 0 Å². The molecule has 0 saturated heterocycles. The minimum absolute atomic E-state index is 0.115. The minimum atomic E-state index is -0.302. The number of aliphatic hydroxyl groups is 1. The number of aromatic amines is 2. The molecule has 4 heteroatoms. The van der Waals surface area contributed by atoms with Crippen molar-refractivity contribution in [3.8, 4) is 22.5 Å². The number of H-pyrrole nitrogens is 2. The summed E-state index contributed by atoms with van der Waals surface area (Å²) < 4.78 is 0. The van der Waals surface area contributed by atoms with Crippen molar-refractivity contribution in [2.24, 2.45) is 0 Å². The second kappa shape index (κ2) is 10.6. The summed E-state index contributed by atoms with van der Waals surface area (Å²) in [5.41, 5.74) is 7.87. The maximum absolute atomic E-state index is 12.8. The third-order valence-corrected chi connectivity index (χ3v) is 6.74. The lowest BCUT2D eigenvalue weighted by Gasteiger charge is -2.01. The largest absolute Gasteiger partial charge is 0.508 e. The van der Waals surface area contributed by atoms with Gasteiger partial charge in [0.25, 0.3) is 0 Å². The maximum Gasteiger partial charge on any atom is 0.182 e. The molecule has 0 saturated carbocycles. The maximum atomic E-state index is 12.8. The van der Waals surface area contributed by atoms with Gasteiger partial charge in [0.05, 0.1) is 11.4 Å². The van der Waals surface area contributed by atoms with Gasteiger partial charge in [-0.1, -0.05) is 97.1 Å². The number of para-hydroxylation sites is 2. The second-order valence-electron chi connectivity index (χ2n) is 9.29. The van der Waals surface area contributed by atoms with Gasteiger partial charge in [0.1, 0.15) is 5.76 Å². The summed E-state index contributed by atoms with van der Waals surface area (Å²) >= 11 is 0. The Bertz CT molecular complexity index is 1870. The number of nitrogens with one attached hydrogen (secondary N) is 2. The second-order valence-corrected chi connectivity index (χ2v) is 9.29. The molecule has 0 fully saturated rings. The van der Waals surface area contributed by atoms with E-state index in [9.17, 15) is 9.90 Å². The van der Waals surface area contributed by atoms with Crippen molar-refractivity contribution in [3.05, 3.63) is 144 Å². The van der Waals surface area contributed by atoms with Crippen LogP contribution in [0, 0.1) is 0 Å². The van der Waals surface area contributed by atoms with Crippen LogP contribution in [-0.2, 0) is 4.79 Å². The SMILES string of the molecule is O=C(/C=C(O)/C=C/c1c(-c2ccccc2)[nH]c2ccccc12)/C=C/c1c(-c2ccccc2)[nH]c2ccccc12. The number of carbonyl (C=O) groups excluding carboxylic acids is 1. The van der Waals surface area contributed by atoms with Crippen LogP contribution in [0.2, 0.25) is 0 Å². The van der Waals surface area contributed by atoms with Crippen molar-refractivity contribution >= 4 is 39.7 Å². The Morgan fingerprint density at radius 2 is 1.00 bits per heavy atom. The van der Waals surface area contributed by atoms with E-state index in [1.807, 2.05) is 121 Å². The summed E-state index contributed by atoms with van der Waals surface area (Å²) in [7, 11) is 0. The predicted molar refractivity (Wildman–Crippen MR) is 161 cm³/mol. The molecular formula is C35H26N2O2. The van der Waals surface area contributed by atoms with E-state index in [1.165, 1.54) is 12.2 Å². The zero-order valence-electron chi connectivity index (χ0n) is 21.1. The Morgan fingerprint density at radius 1 is 0.564 bits per heavy atom. The van der Waals surface area contributed by atoms with Gasteiger partial charge in [0.15, 0.2) is 5.78 Å². The molecule has 6 aromatic rings. The van der Waals surface area contributed by atoms with E-state index in [4.69, 9.17) is 0 Å². The number of rotatable bonds is 7. The molecule has 0 aliphatic rings. The van der Waals surface area contributed by atoms with Gasteiger partial charge in [0, 0.05) is 39.0 Å². The number of allylic oxidation sites excluding steroid dienone is 3. The Kier molecular flexibility index (Phi) is 6.50. The van der Waals surface area contributed by atoms with Gasteiger partial charge in [0.2, 0.25) is 0 Å². The van der Waals surface area contributed by atoms with Crippen LogP contribution in [0.4, 0.5) is 0 Å². The zero-order valence-corrected chi connectivity index (χ0v) is 21.1. The highest BCUT2D eigenvalue weighted by molar-refractivity contribution is 6.06. The fraction of sp³-hybridized carbons (Fsp3) is 0. The standard InChI is InChI=1S/C35H26N2O2/c38-26(19-21-30-28-15-7-9-17-32(28)36-34(30)24-11-3-1-4-12-24)23-27(39)20-22-31-29-16-8-10-18-33(29)37-35(31)25-13-5-2-6-14-25/h1-23,36-38H/b21-19+,22-20+,26-23-. The number of hydrogen-bond donors (Lipinski definition) is 3. The Morgan fingerprint density at radius 3 is 1.51 bits per heavy atom. The molecule has 2 aromatic heterocycles. The topological polar surface area (TPSA) is 68.9 Å². The van der Waals surface area contributed by atoms with E-state index >= 15 is 0 Å². The molecule has 4 aromatic carbocycles. The van der Waals surface area contributed by atoms with E-state index in [0.29, 0.717) is 0 Å². The van der Waals surface area contributed by atoms with E-state index in [1.54, 1.807) is 6.08 Å². The summed E-state index contributed by atoms with van der Waals surface area (Å²) in [4.78, 5) is 19.8. The molecule has 3 N–H and O–H groups in total. The highest BCUT2D eigenvalue weighted by Crippen LogP contribution is 2.32. The van der Waals surface area contributed by atoms with Crippen LogP contribution in [0.5, 0.6) is 0 Å². The molecule has 0 spiro atoms. The molecule has 0 amide bonds. The number of benzene rings is 4. The predicted octanol–water partition coefficient (Wildman–Crippen LogP) is 8.72. The van der Waals surface area contributed by atoms with Crippen LogP contribution in [0.3, 0.4) is 0 Å². The molecule has 188 valence electrons. The molecule has 0 aliphatic heterocycles. The highest BCUT2D eigenvalue weighted by atomic mass is 16.3. The van der Waals surface area contributed by atoms with Gasteiger partial charge in [-0.2, -0.15) is 0 Å². The van der Waals surface area contributed by atoms with Gasteiger partial charge in [-0.05, 0) is 47.6 Å². The van der Waals surface area contributed by atoms with E-state index in [0.717, 1.165) is 55.4 Å². The molecule has 39 heavy (non-hydrogen) atoms. The van der Waals surface area contributed by atoms with Crippen molar-refractivity contribution in [1.82, 2.24) is 9.97 Å². The molecular weight excluding hydrogens is 480 g/mol. The number of aliphatic hydroxyl groups excluding tert-OH is 1. The van der Waals surface area contributed by atoms with Crippen LogP contribution in [-0.4, -0.2) is 20.9 Å². The zero-order chi connectivity index (χ0) is 26.6. The molecule has 0 bridgehead atoms. The third-order valence-electron chi connectivity index (χ3n) is 6.74. The van der Waals surface area contributed by atoms with Gasteiger partial charge in [-0.15, -0.1) is 0 Å². The summed E-state index contributed by atoms with van der Waals surface area (Å²) in [6.45, 7) is 0. The average Bonchev–Trinajstić information content (AvgIpc) is 3.54. The lowest BCUT2D eigenvalue weighted by atomic mass is 10.0. The van der Waals surface area contributed by atoms with Crippen LogP contribution in [0.1, 0.15) is 11.1 Å². The number of aromatic nitrogens is 2. The summed E-state index contributed by atoms with van der Waals surface area (Å²) in [5, 5.41) is 12.7. The van der Waals surface area contributed by atoms with Crippen molar-refractivity contribution < 1.29 is 9.90 Å². The molecule has 0 radical (unpaired) electrons. The first-order chi connectivity index (χ1) is 19.2. The molecule has 0 aliphatic carbocycles. The summed E-state index contributed by atoms with van der Waals surface area (Å²) in [6, 6.07) is 36.1. The molecule has 2 heterocycles. The first-order valence-corrected chi connectivity index (χ1v) is 12.8. The smallest absolute Gasteiger partial charge is 0.182 e. The van der Waals surface area contributed by atoms with Crippen LogP contribution in [0.25, 0.3) is 56.5 Å². The van der Waals surface area contributed by atoms with Crippen molar-refractivity contribution in [1.29, 1.82) is 0 Å². The highest BCUT2D eigenvalue weighted by Gasteiger charge is 2.12. The third kappa shape index (κ3) is 4.96. The lowest BCUT2D eigenvalue weighted by Crippen LogP contribution is -1.89. The number of hydrogen-bond acceptors (Lipinski definition) is 2. The number of ketones is 1. The summed E-state index contributed by atoms with van der Waals surface area (Å²) in [6.07, 6.45) is 7.95. The number of carbonyl (C=O) groups is 1. The Hall–Kier alpha value is -5.35. The molecule has 4 nitrogen and oxygen atoms in total. The van der Waals surface area contributed by atoms with E-state index in [2.05, 4.69) is 9.97 Å². The lowest BCUT2D eigenvalue weighted by molar-refractivity contribution is -0.110. The number of fused-ring (bicyclic) bond motifs is 2. The van der Waals surface area contributed by atoms with Gasteiger partial charge >= 0.3 is 0 Å². The Labute approximate surface area is 226 Å². The Balaban J connectivity index is 1.29. The van der Waals surface area contributed by atoms with E-state index < -0.39 is 0 Å². The van der Waals surface area contributed by atoms with Gasteiger partial charge in [-0.25, -0.2) is 0 Å². The molecule has 6 rings (SSSR count). The first kappa shape index (κ1) is 24.0. The van der Waals surface area contributed by atoms with Crippen molar-refractivity contribution in [2.75, 3.05) is 0 Å². The molecule has 0 atom stereocenters. The van der Waals surface area contributed by atoms with Gasteiger partial charge in [-0.3, -0.25) is 4.79 Å².